The average Bonchev–Trinajstić information content (AvgIpc) is 3.06. The summed E-state index contributed by atoms with van der Waals surface area (Å²) in [4.78, 5) is 3.27. The fourth-order valence-corrected chi connectivity index (χ4v) is 2.52. The van der Waals surface area contributed by atoms with Crippen molar-refractivity contribution in [2.75, 3.05) is 6.61 Å². The summed E-state index contributed by atoms with van der Waals surface area (Å²) in [6, 6.07) is 22.1. The first-order valence-electron chi connectivity index (χ1n) is 7.51. The summed E-state index contributed by atoms with van der Waals surface area (Å²) in [5.41, 5.74) is 9.73. The third-order valence-electron chi connectivity index (χ3n) is 3.68. The molecule has 1 unspecified atom stereocenters. The Morgan fingerprint density at radius 1 is 0.909 bits per heavy atom. The maximum absolute atomic E-state index is 6.33. The van der Waals surface area contributed by atoms with Crippen LogP contribution in [0.4, 0.5) is 0 Å². The number of aromatic amines is 1. The van der Waals surface area contributed by atoms with Crippen LogP contribution in [-0.2, 0) is 0 Å². The molecular weight excluding hydrogens is 272 g/mol. The highest BCUT2D eigenvalue weighted by molar-refractivity contribution is 5.66. The highest BCUT2D eigenvalue weighted by Crippen LogP contribution is 2.27. The molecule has 3 aromatic rings. The van der Waals surface area contributed by atoms with Crippen LogP contribution in [0.15, 0.2) is 72.9 Å². The number of benzene rings is 2. The Balaban J connectivity index is 1.64. The maximum atomic E-state index is 6.33. The van der Waals surface area contributed by atoms with E-state index in [1.807, 2.05) is 54.7 Å². The van der Waals surface area contributed by atoms with Gasteiger partial charge in [-0.1, -0.05) is 48.5 Å². The van der Waals surface area contributed by atoms with Gasteiger partial charge in [0.25, 0.3) is 0 Å². The first kappa shape index (κ1) is 14.4. The molecule has 3 N–H and O–H groups in total. The molecule has 0 bridgehead atoms. The molecule has 3 rings (SSSR count). The van der Waals surface area contributed by atoms with Gasteiger partial charge in [0.15, 0.2) is 0 Å². The van der Waals surface area contributed by atoms with E-state index in [-0.39, 0.29) is 6.04 Å². The molecule has 0 aliphatic carbocycles. The largest absolute Gasteiger partial charge is 0.494 e. The lowest BCUT2D eigenvalue weighted by atomic mass is 10.0. The van der Waals surface area contributed by atoms with Gasteiger partial charge in [-0.25, -0.2) is 0 Å². The third-order valence-corrected chi connectivity index (χ3v) is 3.68. The molecular formula is C19H20N2O. The van der Waals surface area contributed by atoms with E-state index < -0.39 is 0 Å². The molecule has 0 saturated carbocycles. The van der Waals surface area contributed by atoms with Crippen molar-refractivity contribution in [3.8, 4) is 16.9 Å². The fraction of sp³-hybridized carbons (Fsp3) is 0.158. The molecule has 0 aliphatic rings. The quantitative estimate of drug-likeness (QED) is 0.717. The number of hydrogen-bond donors (Lipinski definition) is 2. The van der Waals surface area contributed by atoms with E-state index in [0.29, 0.717) is 6.61 Å². The topological polar surface area (TPSA) is 51.0 Å². The lowest BCUT2D eigenvalue weighted by Crippen LogP contribution is -2.15. The molecule has 1 aromatic heterocycles. The van der Waals surface area contributed by atoms with Crippen LogP contribution in [0.3, 0.4) is 0 Å². The zero-order valence-corrected chi connectivity index (χ0v) is 12.4. The van der Waals surface area contributed by atoms with Gasteiger partial charge >= 0.3 is 0 Å². The zero-order chi connectivity index (χ0) is 15.2. The van der Waals surface area contributed by atoms with Crippen LogP contribution in [-0.4, -0.2) is 11.6 Å². The number of hydrogen-bond acceptors (Lipinski definition) is 2. The summed E-state index contributed by atoms with van der Waals surface area (Å²) in [5, 5.41) is 0. The van der Waals surface area contributed by atoms with Gasteiger partial charge in [-0.15, -0.1) is 0 Å². The molecule has 3 nitrogen and oxygen atoms in total. The van der Waals surface area contributed by atoms with Crippen LogP contribution in [0.5, 0.6) is 5.75 Å². The fourth-order valence-electron chi connectivity index (χ4n) is 2.52. The van der Waals surface area contributed by atoms with Crippen LogP contribution in [0.2, 0.25) is 0 Å². The standard InChI is InChI=1S/C19H20N2O/c20-18(12-14-22-16-9-5-2-6-10-16)19-17(11-13-21-19)15-7-3-1-4-8-15/h1-11,13,18,21H,12,14,20H2. The van der Waals surface area contributed by atoms with Gasteiger partial charge in [0, 0.05) is 29.9 Å². The van der Waals surface area contributed by atoms with E-state index in [0.717, 1.165) is 23.4 Å². The lowest BCUT2D eigenvalue weighted by molar-refractivity contribution is 0.298. The van der Waals surface area contributed by atoms with Crippen LogP contribution in [0.25, 0.3) is 11.1 Å². The number of nitrogens with two attached hydrogens (primary N) is 1. The summed E-state index contributed by atoms with van der Waals surface area (Å²) < 4.78 is 5.73. The molecule has 0 aliphatic heterocycles. The predicted molar refractivity (Wildman–Crippen MR) is 89.7 cm³/mol. The van der Waals surface area contributed by atoms with Crippen molar-refractivity contribution in [2.24, 2.45) is 5.73 Å². The summed E-state index contributed by atoms with van der Waals surface area (Å²) in [6.45, 7) is 0.596. The Hall–Kier alpha value is -2.52. The second-order valence-electron chi connectivity index (χ2n) is 5.23. The molecule has 0 saturated heterocycles. The van der Waals surface area contributed by atoms with Gasteiger partial charge in [0.2, 0.25) is 0 Å². The summed E-state index contributed by atoms with van der Waals surface area (Å²) in [6.07, 6.45) is 2.70. The highest BCUT2D eigenvalue weighted by atomic mass is 16.5. The minimum atomic E-state index is -0.0751. The van der Waals surface area contributed by atoms with E-state index in [1.165, 1.54) is 5.56 Å². The Kier molecular flexibility index (Phi) is 4.56. The first-order valence-corrected chi connectivity index (χ1v) is 7.51. The molecule has 1 heterocycles. The normalized spacial score (nSPS) is 12.0. The molecule has 0 spiro atoms. The van der Waals surface area contributed by atoms with E-state index >= 15 is 0 Å². The van der Waals surface area contributed by atoms with Crippen molar-refractivity contribution in [1.29, 1.82) is 0 Å². The number of H-pyrrole nitrogens is 1. The van der Waals surface area contributed by atoms with Gasteiger partial charge in [-0.3, -0.25) is 0 Å². The molecule has 2 aromatic carbocycles. The van der Waals surface area contributed by atoms with Gasteiger partial charge in [-0.2, -0.15) is 0 Å². The zero-order valence-electron chi connectivity index (χ0n) is 12.4. The Morgan fingerprint density at radius 3 is 2.32 bits per heavy atom. The van der Waals surface area contributed by atoms with Crippen molar-refractivity contribution in [2.45, 2.75) is 12.5 Å². The predicted octanol–water partition coefficient (Wildman–Crippen LogP) is 4.15. The van der Waals surface area contributed by atoms with E-state index in [1.54, 1.807) is 0 Å². The molecule has 22 heavy (non-hydrogen) atoms. The second kappa shape index (κ2) is 6.96. The Morgan fingerprint density at radius 2 is 1.59 bits per heavy atom. The van der Waals surface area contributed by atoms with Crippen LogP contribution in [0, 0.1) is 0 Å². The Bertz CT molecular complexity index is 692. The smallest absolute Gasteiger partial charge is 0.119 e. The minimum Gasteiger partial charge on any atom is -0.494 e. The van der Waals surface area contributed by atoms with E-state index in [2.05, 4.69) is 23.2 Å². The number of ether oxygens (including phenoxy) is 1. The van der Waals surface area contributed by atoms with Crippen molar-refractivity contribution in [3.05, 3.63) is 78.6 Å². The number of aromatic nitrogens is 1. The van der Waals surface area contributed by atoms with Crippen LogP contribution in [0.1, 0.15) is 18.2 Å². The van der Waals surface area contributed by atoms with Crippen LogP contribution < -0.4 is 10.5 Å². The average molecular weight is 292 g/mol. The molecule has 0 fully saturated rings. The number of rotatable bonds is 6. The summed E-state index contributed by atoms with van der Waals surface area (Å²) >= 11 is 0. The van der Waals surface area contributed by atoms with Crippen molar-refractivity contribution < 1.29 is 4.74 Å². The number of para-hydroxylation sites is 1. The molecule has 0 amide bonds. The van der Waals surface area contributed by atoms with Gasteiger partial charge in [0.1, 0.15) is 5.75 Å². The minimum absolute atomic E-state index is 0.0751. The first-order chi connectivity index (χ1) is 10.8. The third kappa shape index (κ3) is 3.38. The van der Waals surface area contributed by atoms with Gasteiger partial charge in [-0.05, 0) is 23.8 Å². The highest BCUT2D eigenvalue weighted by Gasteiger charge is 2.13. The molecule has 3 heteroatoms. The van der Waals surface area contributed by atoms with Crippen molar-refractivity contribution >= 4 is 0 Å². The summed E-state index contributed by atoms with van der Waals surface area (Å²) in [7, 11) is 0. The van der Waals surface area contributed by atoms with Crippen LogP contribution >= 0.6 is 0 Å². The van der Waals surface area contributed by atoms with Crippen molar-refractivity contribution in [3.63, 3.8) is 0 Å². The van der Waals surface area contributed by atoms with E-state index in [9.17, 15) is 0 Å². The SMILES string of the molecule is NC(CCOc1ccccc1)c1[nH]ccc1-c1ccccc1. The second-order valence-corrected chi connectivity index (χ2v) is 5.23. The maximum Gasteiger partial charge on any atom is 0.119 e. The van der Waals surface area contributed by atoms with Gasteiger partial charge in [0.05, 0.1) is 6.61 Å². The van der Waals surface area contributed by atoms with Crippen molar-refractivity contribution in [1.82, 2.24) is 4.98 Å². The van der Waals surface area contributed by atoms with Gasteiger partial charge < -0.3 is 15.5 Å². The van der Waals surface area contributed by atoms with E-state index in [4.69, 9.17) is 10.5 Å². The monoisotopic (exact) mass is 292 g/mol. The lowest BCUT2D eigenvalue weighted by Gasteiger charge is -2.14. The number of nitrogens with one attached hydrogen (secondary N) is 1. The molecule has 112 valence electrons. The molecule has 1 atom stereocenters. The molecule has 0 radical (unpaired) electrons. The summed E-state index contributed by atoms with van der Waals surface area (Å²) in [5.74, 6) is 0.879. The Labute approximate surface area is 130 Å².